The van der Waals surface area contributed by atoms with Crippen molar-refractivity contribution in [2.75, 3.05) is 6.61 Å². The van der Waals surface area contributed by atoms with Crippen molar-refractivity contribution in [3.63, 3.8) is 0 Å². The molecule has 2 aliphatic rings. The first-order valence-electron chi connectivity index (χ1n) is 8.57. The number of ether oxygens (including phenoxy) is 1. The molecule has 0 aliphatic heterocycles. The van der Waals surface area contributed by atoms with Crippen molar-refractivity contribution < 1.29 is 4.74 Å². The maximum atomic E-state index is 6.05. The van der Waals surface area contributed by atoms with Crippen LogP contribution >= 0.6 is 11.3 Å². The summed E-state index contributed by atoms with van der Waals surface area (Å²) in [5.74, 6) is 0. The summed E-state index contributed by atoms with van der Waals surface area (Å²) in [7, 11) is 0. The van der Waals surface area contributed by atoms with Gasteiger partial charge >= 0.3 is 0 Å². The average Bonchev–Trinajstić information content (AvgIpc) is 3.05. The summed E-state index contributed by atoms with van der Waals surface area (Å²) in [5.41, 5.74) is 0.402. The van der Waals surface area contributed by atoms with Crippen LogP contribution in [0.2, 0.25) is 0 Å². The molecule has 1 spiro atoms. The standard InChI is InChI=1S/C17H28N2OS/c1-3-13(16-18-10-11-21-16)19-14-12-15(20-4-2)17(14)8-6-5-7-9-17/h10-11,13-15,19H,3-9,12H2,1-2H3. The Kier molecular flexibility index (Phi) is 4.97. The van der Waals surface area contributed by atoms with E-state index in [-0.39, 0.29) is 0 Å². The Morgan fingerprint density at radius 3 is 2.81 bits per heavy atom. The smallest absolute Gasteiger partial charge is 0.109 e. The molecule has 3 rings (SSSR count). The molecule has 21 heavy (non-hydrogen) atoms. The SMILES string of the molecule is CCOC1CC(NC(CC)c2nccs2)C12CCCCC2. The molecule has 1 aromatic rings. The van der Waals surface area contributed by atoms with Gasteiger partial charge in [-0.25, -0.2) is 4.98 Å². The van der Waals surface area contributed by atoms with Gasteiger partial charge in [-0.05, 0) is 32.6 Å². The quantitative estimate of drug-likeness (QED) is 0.850. The Bertz CT molecular complexity index is 428. The largest absolute Gasteiger partial charge is 0.378 e. The summed E-state index contributed by atoms with van der Waals surface area (Å²) < 4.78 is 6.05. The van der Waals surface area contributed by atoms with Gasteiger partial charge in [0, 0.05) is 29.6 Å². The first-order valence-corrected chi connectivity index (χ1v) is 9.45. The lowest BCUT2D eigenvalue weighted by molar-refractivity contribution is -0.152. The highest BCUT2D eigenvalue weighted by molar-refractivity contribution is 7.09. The molecule has 0 aromatic carbocycles. The fourth-order valence-electron chi connectivity index (χ4n) is 4.31. The number of aromatic nitrogens is 1. The Morgan fingerprint density at radius 1 is 1.38 bits per heavy atom. The molecule has 0 radical (unpaired) electrons. The molecule has 0 amide bonds. The second kappa shape index (κ2) is 6.76. The van der Waals surface area contributed by atoms with Gasteiger partial charge in [0.1, 0.15) is 5.01 Å². The second-order valence-electron chi connectivity index (χ2n) is 6.52. The molecule has 2 aliphatic carbocycles. The summed E-state index contributed by atoms with van der Waals surface area (Å²) in [5, 5.41) is 7.24. The van der Waals surface area contributed by atoms with E-state index in [0.717, 1.165) is 13.0 Å². The minimum atomic E-state index is 0.402. The van der Waals surface area contributed by atoms with Crippen LogP contribution < -0.4 is 5.32 Å². The molecule has 2 saturated carbocycles. The van der Waals surface area contributed by atoms with Crippen LogP contribution in [0, 0.1) is 5.41 Å². The molecule has 3 unspecified atom stereocenters. The van der Waals surface area contributed by atoms with E-state index in [1.54, 1.807) is 11.3 Å². The van der Waals surface area contributed by atoms with Crippen LogP contribution in [0.1, 0.15) is 69.8 Å². The highest BCUT2D eigenvalue weighted by atomic mass is 32.1. The molecule has 0 bridgehead atoms. The van der Waals surface area contributed by atoms with Crippen molar-refractivity contribution in [2.24, 2.45) is 5.41 Å². The average molecular weight is 308 g/mol. The molecule has 0 saturated heterocycles. The molecule has 1 aromatic heterocycles. The summed E-state index contributed by atoms with van der Waals surface area (Å²) >= 11 is 1.77. The van der Waals surface area contributed by atoms with E-state index in [0.29, 0.717) is 23.6 Å². The van der Waals surface area contributed by atoms with Gasteiger partial charge in [0.05, 0.1) is 12.1 Å². The van der Waals surface area contributed by atoms with Gasteiger partial charge in [-0.1, -0.05) is 26.2 Å². The summed E-state index contributed by atoms with van der Waals surface area (Å²) in [6.45, 7) is 5.23. The van der Waals surface area contributed by atoms with E-state index in [1.165, 1.54) is 43.5 Å². The Morgan fingerprint density at radius 2 is 2.19 bits per heavy atom. The van der Waals surface area contributed by atoms with Gasteiger partial charge in [0.15, 0.2) is 0 Å². The predicted octanol–water partition coefficient (Wildman–Crippen LogP) is 4.31. The minimum Gasteiger partial charge on any atom is -0.378 e. The highest BCUT2D eigenvalue weighted by Crippen LogP contribution is 2.53. The topological polar surface area (TPSA) is 34.1 Å². The third-order valence-corrected chi connectivity index (χ3v) is 6.39. The van der Waals surface area contributed by atoms with Gasteiger partial charge in [-0.15, -0.1) is 11.3 Å². The number of nitrogens with one attached hydrogen (secondary N) is 1. The van der Waals surface area contributed by atoms with E-state index >= 15 is 0 Å². The van der Waals surface area contributed by atoms with Gasteiger partial charge in [-0.2, -0.15) is 0 Å². The molecular weight excluding hydrogens is 280 g/mol. The predicted molar refractivity (Wildman–Crippen MR) is 87.6 cm³/mol. The van der Waals surface area contributed by atoms with Crippen molar-refractivity contribution >= 4 is 11.3 Å². The summed E-state index contributed by atoms with van der Waals surface area (Å²) in [4.78, 5) is 4.51. The van der Waals surface area contributed by atoms with Crippen LogP contribution in [0.4, 0.5) is 0 Å². The third kappa shape index (κ3) is 2.90. The molecule has 1 heterocycles. The van der Waals surface area contributed by atoms with Gasteiger partial charge in [-0.3, -0.25) is 0 Å². The van der Waals surface area contributed by atoms with E-state index in [4.69, 9.17) is 4.74 Å². The fourth-order valence-corrected chi connectivity index (χ4v) is 5.09. The van der Waals surface area contributed by atoms with Crippen LogP contribution in [0.15, 0.2) is 11.6 Å². The molecule has 118 valence electrons. The summed E-state index contributed by atoms with van der Waals surface area (Å²) in [6.07, 6.45) is 11.5. The Labute approximate surface area is 132 Å². The zero-order valence-corrected chi connectivity index (χ0v) is 14.1. The van der Waals surface area contributed by atoms with Gasteiger partial charge in [0.2, 0.25) is 0 Å². The molecule has 1 N–H and O–H groups in total. The molecule has 2 fully saturated rings. The zero-order chi connectivity index (χ0) is 14.7. The summed E-state index contributed by atoms with van der Waals surface area (Å²) in [6, 6.07) is 1.03. The second-order valence-corrected chi connectivity index (χ2v) is 7.45. The lowest BCUT2D eigenvalue weighted by Gasteiger charge is -2.58. The molecule has 3 nitrogen and oxygen atoms in total. The maximum absolute atomic E-state index is 6.05. The normalized spacial score (nSPS) is 29.2. The first kappa shape index (κ1) is 15.4. The lowest BCUT2D eigenvalue weighted by atomic mass is 9.55. The van der Waals surface area contributed by atoms with Crippen LogP contribution in [0.25, 0.3) is 0 Å². The first-order chi connectivity index (χ1) is 10.3. The number of hydrogen-bond acceptors (Lipinski definition) is 4. The van der Waals surface area contributed by atoms with Crippen molar-refractivity contribution in [1.82, 2.24) is 10.3 Å². The monoisotopic (exact) mass is 308 g/mol. The highest BCUT2D eigenvalue weighted by Gasteiger charge is 2.55. The van der Waals surface area contributed by atoms with Crippen LogP contribution in [-0.2, 0) is 4.74 Å². The van der Waals surface area contributed by atoms with E-state index in [9.17, 15) is 0 Å². The van der Waals surface area contributed by atoms with Crippen LogP contribution in [0.5, 0.6) is 0 Å². The number of rotatable bonds is 6. The third-order valence-electron chi connectivity index (χ3n) is 5.50. The maximum Gasteiger partial charge on any atom is 0.109 e. The molecule has 4 heteroatoms. The van der Waals surface area contributed by atoms with Gasteiger partial charge < -0.3 is 10.1 Å². The van der Waals surface area contributed by atoms with Crippen LogP contribution in [-0.4, -0.2) is 23.7 Å². The van der Waals surface area contributed by atoms with Crippen molar-refractivity contribution in [3.05, 3.63) is 16.6 Å². The Balaban J connectivity index is 1.69. The van der Waals surface area contributed by atoms with Crippen molar-refractivity contribution in [3.8, 4) is 0 Å². The Hall–Kier alpha value is -0.450. The fraction of sp³-hybridized carbons (Fsp3) is 0.824. The van der Waals surface area contributed by atoms with Crippen LogP contribution in [0.3, 0.4) is 0 Å². The van der Waals surface area contributed by atoms with E-state index in [2.05, 4.69) is 29.5 Å². The van der Waals surface area contributed by atoms with Crippen molar-refractivity contribution in [2.45, 2.75) is 77.0 Å². The number of hydrogen-bond donors (Lipinski definition) is 1. The molecule has 3 atom stereocenters. The van der Waals surface area contributed by atoms with E-state index in [1.807, 2.05) is 6.20 Å². The van der Waals surface area contributed by atoms with Crippen molar-refractivity contribution in [1.29, 1.82) is 0 Å². The van der Waals surface area contributed by atoms with Gasteiger partial charge in [0.25, 0.3) is 0 Å². The number of thiazole rings is 1. The minimum absolute atomic E-state index is 0.402. The molecular formula is C17H28N2OS. The lowest BCUT2D eigenvalue weighted by Crippen LogP contribution is -2.64. The zero-order valence-electron chi connectivity index (χ0n) is 13.3. The van der Waals surface area contributed by atoms with E-state index < -0.39 is 0 Å². The number of nitrogens with zero attached hydrogens (tertiary/aromatic N) is 1.